The van der Waals surface area contributed by atoms with Crippen LogP contribution in [0.5, 0.6) is 0 Å². The van der Waals surface area contributed by atoms with Gasteiger partial charge < -0.3 is 15.0 Å². The second kappa shape index (κ2) is 11.3. The summed E-state index contributed by atoms with van der Waals surface area (Å²) in [7, 11) is 1.70. The van der Waals surface area contributed by atoms with Gasteiger partial charge in [0.25, 0.3) is 0 Å². The Hall–Kier alpha value is -2.87. The lowest BCUT2D eigenvalue weighted by atomic mass is 9.84. The molecule has 1 N–H and O–H groups in total. The van der Waals surface area contributed by atoms with Gasteiger partial charge in [0, 0.05) is 51.4 Å². The number of benzene rings is 1. The Morgan fingerprint density at radius 3 is 2.32 bits per heavy atom. The van der Waals surface area contributed by atoms with Crippen molar-refractivity contribution < 1.29 is 19.1 Å². The highest BCUT2D eigenvalue weighted by Gasteiger charge is 2.38. The number of amides is 3. The maximum Gasteiger partial charge on any atom is 0.338 e. The van der Waals surface area contributed by atoms with Gasteiger partial charge in [-0.05, 0) is 42.7 Å². The van der Waals surface area contributed by atoms with E-state index in [0.717, 1.165) is 44.3 Å². The summed E-state index contributed by atoms with van der Waals surface area (Å²) < 4.78 is 5.49. The molecular weight excluding hydrogens is 468 g/mol. The van der Waals surface area contributed by atoms with Gasteiger partial charge in [-0.1, -0.05) is 51.5 Å². The molecule has 1 aliphatic carbocycles. The molecule has 1 saturated carbocycles. The molecule has 4 rings (SSSR count). The van der Waals surface area contributed by atoms with Crippen molar-refractivity contribution in [2.75, 3.05) is 46.4 Å². The van der Waals surface area contributed by atoms with Crippen LogP contribution in [0.3, 0.4) is 0 Å². The number of hydrogen-bond donors (Lipinski definition) is 1. The number of ether oxygens (including phenoxy) is 1. The molecular formula is C29H42N4O4. The molecule has 1 saturated heterocycles. The third kappa shape index (κ3) is 6.00. The second-order valence-corrected chi connectivity index (χ2v) is 11.5. The summed E-state index contributed by atoms with van der Waals surface area (Å²) in [6.45, 7) is 11.9. The van der Waals surface area contributed by atoms with Crippen molar-refractivity contribution in [1.29, 1.82) is 0 Å². The predicted molar refractivity (Wildman–Crippen MR) is 143 cm³/mol. The number of carbonyl (C=O) groups is 3. The summed E-state index contributed by atoms with van der Waals surface area (Å²) in [6.07, 6.45) is 4.03. The van der Waals surface area contributed by atoms with Crippen molar-refractivity contribution in [3.05, 3.63) is 46.7 Å². The van der Waals surface area contributed by atoms with E-state index in [2.05, 4.69) is 43.1 Å². The highest BCUT2D eigenvalue weighted by Crippen LogP contribution is 2.33. The quantitative estimate of drug-likeness (QED) is 0.588. The van der Waals surface area contributed by atoms with Crippen molar-refractivity contribution >= 4 is 17.9 Å². The minimum absolute atomic E-state index is 0.000202. The van der Waals surface area contributed by atoms with Gasteiger partial charge in [0.05, 0.1) is 18.2 Å². The first-order valence-corrected chi connectivity index (χ1v) is 13.7. The van der Waals surface area contributed by atoms with Gasteiger partial charge in [-0.15, -0.1) is 0 Å². The van der Waals surface area contributed by atoms with E-state index in [-0.39, 0.29) is 29.9 Å². The fourth-order valence-electron chi connectivity index (χ4n) is 5.30. The zero-order chi connectivity index (χ0) is 26.7. The lowest BCUT2D eigenvalue weighted by molar-refractivity contribution is -0.139. The number of urea groups is 1. The fourth-order valence-corrected chi connectivity index (χ4v) is 5.30. The first kappa shape index (κ1) is 27.2. The molecule has 8 heteroatoms. The number of carbonyl (C=O) groups excluding carboxylic acids is 3. The van der Waals surface area contributed by atoms with E-state index >= 15 is 0 Å². The third-order valence-electron chi connectivity index (χ3n) is 7.91. The highest BCUT2D eigenvalue weighted by atomic mass is 16.5. The number of nitrogens with one attached hydrogen (secondary N) is 1. The van der Waals surface area contributed by atoms with Crippen LogP contribution in [0.2, 0.25) is 0 Å². The molecule has 1 aromatic rings. The van der Waals surface area contributed by atoms with E-state index in [1.165, 1.54) is 10.5 Å². The van der Waals surface area contributed by atoms with Crippen LogP contribution in [0.1, 0.15) is 70.5 Å². The van der Waals surface area contributed by atoms with E-state index in [1.54, 1.807) is 14.0 Å². The molecule has 8 nitrogen and oxygen atoms in total. The first-order chi connectivity index (χ1) is 17.6. The molecule has 0 radical (unpaired) electrons. The molecule has 3 aliphatic rings. The van der Waals surface area contributed by atoms with Crippen LogP contribution in [-0.2, 0) is 19.7 Å². The number of rotatable bonds is 6. The van der Waals surface area contributed by atoms with Crippen LogP contribution < -0.4 is 5.32 Å². The van der Waals surface area contributed by atoms with Crippen molar-refractivity contribution in [1.82, 2.24) is 20.0 Å². The second-order valence-electron chi connectivity index (χ2n) is 11.5. The van der Waals surface area contributed by atoms with Crippen LogP contribution in [0.25, 0.3) is 0 Å². The van der Waals surface area contributed by atoms with Crippen LogP contribution >= 0.6 is 0 Å². The standard InChI is InChI=1S/C29H42N4O4/c1-6-37-27(35)24-23(19-32-15-8-16-33(18-17-32)26(34)21-9-7-10-21)31(5)28(36)30-25(24)20-11-13-22(14-12-20)29(2,3)4/h11-14,21,25H,6-10,15-19H2,1-5H3,(H,30,36). The zero-order valence-corrected chi connectivity index (χ0v) is 23.0. The topological polar surface area (TPSA) is 82.2 Å². The van der Waals surface area contributed by atoms with E-state index in [4.69, 9.17) is 4.74 Å². The molecule has 2 fully saturated rings. The normalized spacial score (nSPS) is 21.9. The highest BCUT2D eigenvalue weighted by molar-refractivity contribution is 5.95. The predicted octanol–water partition coefficient (Wildman–Crippen LogP) is 3.83. The van der Waals surface area contributed by atoms with Gasteiger partial charge in [0.15, 0.2) is 0 Å². The Balaban J connectivity index is 1.61. The number of esters is 1. The Labute approximate surface area is 221 Å². The molecule has 202 valence electrons. The summed E-state index contributed by atoms with van der Waals surface area (Å²) in [5.74, 6) is 0.0709. The van der Waals surface area contributed by atoms with Crippen LogP contribution in [0, 0.1) is 5.92 Å². The van der Waals surface area contributed by atoms with E-state index in [0.29, 0.717) is 30.9 Å². The third-order valence-corrected chi connectivity index (χ3v) is 7.91. The van der Waals surface area contributed by atoms with E-state index in [1.807, 2.05) is 17.0 Å². The van der Waals surface area contributed by atoms with Crippen molar-refractivity contribution in [2.45, 2.75) is 64.8 Å². The van der Waals surface area contributed by atoms with E-state index < -0.39 is 12.0 Å². The molecule has 1 unspecified atom stereocenters. The molecule has 1 atom stereocenters. The summed E-state index contributed by atoms with van der Waals surface area (Å²) >= 11 is 0. The fraction of sp³-hybridized carbons (Fsp3) is 0.621. The molecule has 0 spiro atoms. The summed E-state index contributed by atoms with van der Waals surface area (Å²) in [5, 5.41) is 3.01. The average Bonchev–Trinajstić information content (AvgIpc) is 3.06. The van der Waals surface area contributed by atoms with Gasteiger partial charge >= 0.3 is 12.0 Å². The molecule has 37 heavy (non-hydrogen) atoms. The van der Waals surface area contributed by atoms with Gasteiger partial charge in [-0.25, -0.2) is 9.59 Å². The van der Waals surface area contributed by atoms with Gasteiger partial charge in [0.1, 0.15) is 0 Å². The average molecular weight is 511 g/mol. The zero-order valence-electron chi connectivity index (χ0n) is 23.0. The monoisotopic (exact) mass is 510 g/mol. The Kier molecular flexibility index (Phi) is 8.26. The van der Waals surface area contributed by atoms with Crippen LogP contribution in [-0.4, -0.2) is 79.0 Å². The summed E-state index contributed by atoms with van der Waals surface area (Å²) in [6, 6.07) is 7.27. The number of hydrogen-bond acceptors (Lipinski definition) is 5. The van der Waals surface area contributed by atoms with E-state index in [9.17, 15) is 14.4 Å². The Bertz CT molecular complexity index is 1040. The van der Waals surface area contributed by atoms with Gasteiger partial charge in [-0.3, -0.25) is 14.6 Å². The SMILES string of the molecule is CCOC(=O)C1=C(CN2CCCN(C(=O)C3CCC3)CC2)N(C)C(=O)NC1c1ccc(C(C)(C)C)cc1. The van der Waals surface area contributed by atoms with Crippen LogP contribution in [0.4, 0.5) is 4.79 Å². The smallest absolute Gasteiger partial charge is 0.338 e. The number of likely N-dealkylation sites (N-methyl/N-ethyl adjacent to an activating group) is 1. The van der Waals surface area contributed by atoms with Crippen molar-refractivity contribution in [2.24, 2.45) is 5.92 Å². The maximum atomic E-state index is 13.3. The van der Waals surface area contributed by atoms with Crippen LogP contribution in [0.15, 0.2) is 35.5 Å². The summed E-state index contributed by atoms with van der Waals surface area (Å²) in [5.41, 5.74) is 3.16. The minimum Gasteiger partial charge on any atom is -0.463 e. The molecule has 3 amide bonds. The summed E-state index contributed by atoms with van der Waals surface area (Å²) in [4.78, 5) is 45.0. The first-order valence-electron chi connectivity index (χ1n) is 13.7. The molecule has 1 aromatic carbocycles. The maximum absolute atomic E-state index is 13.3. The van der Waals surface area contributed by atoms with Gasteiger partial charge in [0.2, 0.25) is 5.91 Å². The Morgan fingerprint density at radius 2 is 1.73 bits per heavy atom. The van der Waals surface area contributed by atoms with Gasteiger partial charge in [-0.2, -0.15) is 0 Å². The lowest BCUT2D eigenvalue weighted by Crippen LogP contribution is -2.49. The molecule has 0 aromatic heterocycles. The lowest BCUT2D eigenvalue weighted by Gasteiger charge is -2.37. The number of nitrogens with zero attached hydrogens (tertiary/aromatic N) is 3. The largest absolute Gasteiger partial charge is 0.463 e. The molecule has 0 bridgehead atoms. The van der Waals surface area contributed by atoms with Crippen molar-refractivity contribution in [3.63, 3.8) is 0 Å². The molecule has 2 heterocycles. The minimum atomic E-state index is -0.588. The van der Waals surface area contributed by atoms with Crippen molar-refractivity contribution in [3.8, 4) is 0 Å². The molecule has 2 aliphatic heterocycles. The Morgan fingerprint density at radius 1 is 1.03 bits per heavy atom.